The average molecular weight is 158 g/mol. The molecule has 0 aromatic heterocycles. The first kappa shape index (κ1) is 10.7. The number of hydrogen-bond donors (Lipinski definition) is 2. The van der Waals surface area contributed by atoms with Gasteiger partial charge in [-0.1, -0.05) is 26.0 Å². The Labute approximate surface area is 68.6 Å². The normalized spacial score (nSPS) is 20.1. The average Bonchev–Trinajstić information content (AvgIpc) is 2.00. The fourth-order valence-electron chi connectivity index (χ4n) is 0.874. The van der Waals surface area contributed by atoms with Gasteiger partial charge in [-0.25, -0.2) is 0 Å². The Balaban J connectivity index is 4.21. The highest BCUT2D eigenvalue weighted by atomic mass is 16.3. The summed E-state index contributed by atoms with van der Waals surface area (Å²) in [4.78, 5) is 0. The van der Waals surface area contributed by atoms with Crippen LogP contribution in [0.3, 0.4) is 0 Å². The van der Waals surface area contributed by atoms with E-state index >= 15 is 0 Å². The Hall–Kier alpha value is -0.340. The topological polar surface area (TPSA) is 40.5 Å². The van der Waals surface area contributed by atoms with Gasteiger partial charge in [0, 0.05) is 0 Å². The monoisotopic (exact) mass is 158 g/mol. The van der Waals surface area contributed by atoms with Crippen molar-refractivity contribution in [1.82, 2.24) is 0 Å². The highest BCUT2D eigenvalue weighted by Crippen LogP contribution is 2.16. The molecular weight excluding hydrogens is 140 g/mol. The second-order valence-corrected chi connectivity index (χ2v) is 2.83. The van der Waals surface area contributed by atoms with E-state index in [-0.39, 0.29) is 0 Å². The molecular formula is C9H18O2. The number of aliphatic hydroxyl groups excluding tert-OH is 1. The summed E-state index contributed by atoms with van der Waals surface area (Å²) in [5.41, 5.74) is -1.03. The molecule has 0 aliphatic rings. The summed E-state index contributed by atoms with van der Waals surface area (Å²) in [6.07, 6.45) is 4.28. The first-order chi connectivity index (χ1) is 5.06. The summed E-state index contributed by atoms with van der Waals surface area (Å²) in [6, 6.07) is 0. The first-order valence-corrected chi connectivity index (χ1v) is 4.15. The molecule has 0 amide bonds. The molecule has 2 N–H and O–H groups in total. The zero-order valence-corrected chi connectivity index (χ0v) is 7.54. The number of rotatable bonds is 4. The second-order valence-electron chi connectivity index (χ2n) is 2.83. The van der Waals surface area contributed by atoms with E-state index in [2.05, 4.69) is 0 Å². The van der Waals surface area contributed by atoms with E-state index < -0.39 is 11.7 Å². The third-order valence-electron chi connectivity index (χ3n) is 1.93. The lowest BCUT2D eigenvalue weighted by Crippen LogP contribution is -2.37. The van der Waals surface area contributed by atoms with E-state index in [1.54, 1.807) is 13.0 Å². The quantitative estimate of drug-likeness (QED) is 0.608. The third-order valence-corrected chi connectivity index (χ3v) is 1.93. The summed E-state index contributed by atoms with van der Waals surface area (Å²) in [5.74, 6) is 0. The van der Waals surface area contributed by atoms with Crippen molar-refractivity contribution in [2.24, 2.45) is 0 Å². The predicted octanol–water partition coefficient (Wildman–Crippen LogP) is 1.47. The first-order valence-electron chi connectivity index (χ1n) is 4.15. The Kier molecular flexibility index (Phi) is 4.38. The molecule has 2 heteroatoms. The molecule has 0 aromatic carbocycles. The molecule has 0 aliphatic carbocycles. The van der Waals surface area contributed by atoms with Gasteiger partial charge < -0.3 is 10.2 Å². The van der Waals surface area contributed by atoms with Crippen molar-refractivity contribution in [3.05, 3.63) is 12.2 Å². The highest BCUT2D eigenvalue weighted by Gasteiger charge is 2.26. The number of aliphatic hydroxyl groups is 2. The van der Waals surface area contributed by atoms with Crippen LogP contribution in [0.15, 0.2) is 12.2 Å². The van der Waals surface area contributed by atoms with Gasteiger partial charge >= 0.3 is 0 Å². The molecule has 0 saturated heterocycles. The summed E-state index contributed by atoms with van der Waals surface area (Å²) in [7, 11) is 0. The maximum Gasteiger partial charge on any atom is 0.108 e. The van der Waals surface area contributed by atoms with Crippen molar-refractivity contribution in [3.8, 4) is 0 Å². The lowest BCUT2D eigenvalue weighted by molar-refractivity contribution is -0.0316. The Bertz CT molecular complexity index is 130. The molecule has 11 heavy (non-hydrogen) atoms. The molecule has 0 saturated carbocycles. The van der Waals surface area contributed by atoms with Crippen molar-refractivity contribution >= 4 is 0 Å². The van der Waals surface area contributed by atoms with E-state index in [4.69, 9.17) is 0 Å². The fraction of sp³-hybridized carbons (Fsp3) is 0.778. The molecule has 0 radical (unpaired) electrons. The maximum atomic E-state index is 9.69. The summed E-state index contributed by atoms with van der Waals surface area (Å²) in [5, 5.41) is 18.9. The molecule has 66 valence electrons. The molecule has 0 spiro atoms. The van der Waals surface area contributed by atoms with Gasteiger partial charge in [-0.15, -0.1) is 0 Å². The fourth-order valence-corrected chi connectivity index (χ4v) is 0.874. The van der Waals surface area contributed by atoms with Crippen LogP contribution < -0.4 is 0 Å². The minimum Gasteiger partial charge on any atom is -0.390 e. The van der Waals surface area contributed by atoms with E-state index in [0.29, 0.717) is 6.42 Å². The molecule has 0 fully saturated rings. The van der Waals surface area contributed by atoms with Crippen LogP contribution in [0, 0.1) is 0 Å². The summed E-state index contributed by atoms with van der Waals surface area (Å²) >= 11 is 0. The SMILES string of the molecule is CC/C=C/C(O)(CC)C(C)O. The molecule has 0 rings (SSSR count). The largest absolute Gasteiger partial charge is 0.390 e. The predicted molar refractivity (Wildman–Crippen MR) is 46.4 cm³/mol. The summed E-state index contributed by atoms with van der Waals surface area (Å²) in [6.45, 7) is 5.45. The second kappa shape index (κ2) is 4.52. The minimum absolute atomic E-state index is 0.543. The van der Waals surface area contributed by atoms with Gasteiger partial charge in [-0.3, -0.25) is 0 Å². The lowest BCUT2D eigenvalue weighted by Gasteiger charge is -2.25. The third kappa shape index (κ3) is 3.04. The van der Waals surface area contributed by atoms with Crippen LogP contribution in [0.5, 0.6) is 0 Å². The molecule has 2 unspecified atom stereocenters. The lowest BCUT2D eigenvalue weighted by atomic mass is 9.94. The van der Waals surface area contributed by atoms with Crippen molar-refractivity contribution < 1.29 is 10.2 Å². The van der Waals surface area contributed by atoms with Gasteiger partial charge in [0.1, 0.15) is 5.60 Å². The van der Waals surface area contributed by atoms with Gasteiger partial charge in [0.25, 0.3) is 0 Å². The van der Waals surface area contributed by atoms with Crippen LogP contribution in [0.1, 0.15) is 33.6 Å². The van der Waals surface area contributed by atoms with Crippen molar-refractivity contribution in [2.45, 2.75) is 45.3 Å². The molecule has 2 nitrogen and oxygen atoms in total. The van der Waals surface area contributed by atoms with Gasteiger partial charge in [-0.2, -0.15) is 0 Å². The molecule has 0 aromatic rings. The zero-order chi connectivity index (χ0) is 8.91. The minimum atomic E-state index is -1.03. The Morgan fingerprint density at radius 3 is 2.27 bits per heavy atom. The van der Waals surface area contributed by atoms with Gasteiger partial charge in [0.05, 0.1) is 6.10 Å². The Morgan fingerprint density at radius 1 is 1.45 bits per heavy atom. The van der Waals surface area contributed by atoms with Crippen molar-refractivity contribution in [1.29, 1.82) is 0 Å². The maximum absolute atomic E-state index is 9.69. The van der Waals surface area contributed by atoms with Crippen LogP contribution in [0.2, 0.25) is 0 Å². The van der Waals surface area contributed by atoms with Crippen LogP contribution >= 0.6 is 0 Å². The zero-order valence-electron chi connectivity index (χ0n) is 7.54. The molecule has 2 atom stereocenters. The molecule has 0 bridgehead atoms. The standard InChI is InChI=1S/C9H18O2/c1-4-6-7-9(11,5-2)8(3)10/h6-8,10-11H,4-5H2,1-3H3/b7-6+. The van der Waals surface area contributed by atoms with Crippen molar-refractivity contribution in [3.63, 3.8) is 0 Å². The van der Waals surface area contributed by atoms with Gasteiger partial charge in [-0.05, 0) is 19.8 Å². The molecule has 0 aliphatic heterocycles. The Morgan fingerprint density at radius 2 is 2.00 bits per heavy atom. The van der Waals surface area contributed by atoms with Crippen LogP contribution in [0.25, 0.3) is 0 Å². The van der Waals surface area contributed by atoms with Crippen LogP contribution in [-0.2, 0) is 0 Å². The smallest absolute Gasteiger partial charge is 0.108 e. The van der Waals surface area contributed by atoms with Crippen LogP contribution in [0.4, 0.5) is 0 Å². The summed E-state index contributed by atoms with van der Waals surface area (Å²) < 4.78 is 0. The van der Waals surface area contributed by atoms with E-state index in [9.17, 15) is 10.2 Å². The number of allylic oxidation sites excluding steroid dienone is 1. The van der Waals surface area contributed by atoms with E-state index in [1.807, 2.05) is 19.9 Å². The van der Waals surface area contributed by atoms with Crippen molar-refractivity contribution in [2.75, 3.05) is 0 Å². The number of hydrogen-bond acceptors (Lipinski definition) is 2. The van der Waals surface area contributed by atoms with E-state index in [1.165, 1.54) is 0 Å². The van der Waals surface area contributed by atoms with Gasteiger partial charge in [0.2, 0.25) is 0 Å². The molecule has 0 heterocycles. The van der Waals surface area contributed by atoms with Gasteiger partial charge in [0.15, 0.2) is 0 Å². The van der Waals surface area contributed by atoms with Crippen LogP contribution in [-0.4, -0.2) is 21.9 Å². The highest BCUT2D eigenvalue weighted by molar-refractivity contribution is 5.03. The van der Waals surface area contributed by atoms with E-state index in [0.717, 1.165) is 6.42 Å².